The minimum Gasteiger partial charge on any atom is -0.480 e. The van der Waals surface area contributed by atoms with E-state index in [1.165, 1.54) is 193 Å². The molecular weight excluding hydrogens is 866 g/mol. The summed E-state index contributed by atoms with van der Waals surface area (Å²) in [5, 5.41) is 22.0. The van der Waals surface area contributed by atoms with Gasteiger partial charge in [0.1, 0.15) is 12.7 Å². The highest BCUT2D eigenvalue weighted by molar-refractivity contribution is 7.47. The molecule has 0 aromatic carbocycles. The number of hydrogen-bond acceptors (Lipinski definition) is 8. The first-order valence-electron chi connectivity index (χ1n) is 27.9. The van der Waals surface area contributed by atoms with E-state index < -0.39 is 57.6 Å². The quantitative estimate of drug-likeness (QED) is 0.0199. The average Bonchev–Trinajstić information content (AvgIpc) is 3.31. The molecule has 0 spiro atoms. The molecular formula is C55H104NO10P. The number of aliphatic hydroxyl groups excluding tert-OH is 1. The van der Waals surface area contributed by atoms with Crippen molar-refractivity contribution in [3.63, 3.8) is 0 Å². The van der Waals surface area contributed by atoms with Crippen LogP contribution in [0.2, 0.25) is 0 Å². The Kier molecular flexibility index (Phi) is 48.8. The summed E-state index contributed by atoms with van der Waals surface area (Å²) in [7, 11) is -4.76. The molecule has 0 aromatic heterocycles. The second kappa shape index (κ2) is 50.4. The number of hydrogen-bond donors (Lipinski definition) is 4. The smallest absolute Gasteiger partial charge is 0.472 e. The summed E-state index contributed by atoms with van der Waals surface area (Å²) in [6, 6.07) is -1.54. The number of phosphoric ester groups is 1. The number of aliphatic carboxylic acids is 1. The number of carboxylic acids is 1. The van der Waals surface area contributed by atoms with Crippen molar-refractivity contribution in [2.75, 3.05) is 19.8 Å². The van der Waals surface area contributed by atoms with E-state index in [-0.39, 0.29) is 12.8 Å². The van der Waals surface area contributed by atoms with Crippen LogP contribution in [0.4, 0.5) is 0 Å². The number of aliphatic hydroxyl groups is 1. The van der Waals surface area contributed by atoms with Gasteiger partial charge in [0.25, 0.3) is 0 Å². The molecule has 1 amide bonds. The Bertz CT molecular complexity index is 1230. The first kappa shape index (κ1) is 65.0. The molecule has 0 fully saturated rings. The predicted octanol–water partition coefficient (Wildman–Crippen LogP) is 15.7. The van der Waals surface area contributed by atoms with Gasteiger partial charge in [-0.05, 0) is 44.9 Å². The SMILES string of the molecule is CCCCC/C=C\C/C=C\CCCCCCCCCCCCCCCC(=O)OCC(O)COP(=O)(O)OCC(NC(=O)CCCCCCCCCCCCCCCCCCCCCC)C(=O)O. The molecule has 3 unspecified atom stereocenters. The van der Waals surface area contributed by atoms with Gasteiger partial charge in [0, 0.05) is 12.8 Å². The first-order valence-corrected chi connectivity index (χ1v) is 29.4. The molecule has 0 radical (unpaired) electrons. The maximum absolute atomic E-state index is 12.4. The van der Waals surface area contributed by atoms with Gasteiger partial charge < -0.3 is 25.2 Å². The summed E-state index contributed by atoms with van der Waals surface area (Å²) >= 11 is 0. The summed E-state index contributed by atoms with van der Waals surface area (Å²) < 4.78 is 27.0. The van der Waals surface area contributed by atoms with E-state index >= 15 is 0 Å². The lowest BCUT2D eigenvalue weighted by molar-refractivity contribution is -0.147. The minimum absolute atomic E-state index is 0.151. The topological polar surface area (TPSA) is 169 Å². The molecule has 0 heterocycles. The van der Waals surface area contributed by atoms with E-state index in [4.69, 9.17) is 13.8 Å². The third kappa shape index (κ3) is 50.2. The number of amides is 1. The summed E-state index contributed by atoms with van der Waals surface area (Å²) in [5.41, 5.74) is 0. The van der Waals surface area contributed by atoms with Gasteiger partial charge in [-0.25, -0.2) is 9.36 Å². The number of ether oxygens (including phenoxy) is 1. The van der Waals surface area contributed by atoms with E-state index in [0.717, 1.165) is 44.9 Å². The van der Waals surface area contributed by atoms with Crippen molar-refractivity contribution in [3.8, 4) is 0 Å². The van der Waals surface area contributed by atoms with Crippen LogP contribution in [0.5, 0.6) is 0 Å². The lowest BCUT2D eigenvalue weighted by Gasteiger charge is -2.18. The summed E-state index contributed by atoms with van der Waals surface area (Å²) in [6.45, 7) is 2.63. The molecule has 0 bridgehead atoms. The highest BCUT2D eigenvalue weighted by Gasteiger charge is 2.28. The fourth-order valence-corrected chi connectivity index (χ4v) is 8.95. The van der Waals surface area contributed by atoms with E-state index in [1.807, 2.05) is 0 Å². The second-order valence-corrected chi connectivity index (χ2v) is 20.6. The highest BCUT2D eigenvalue weighted by Crippen LogP contribution is 2.43. The van der Waals surface area contributed by atoms with Crippen LogP contribution in [0.3, 0.4) is 0 Å². The molecule has 0 saturated carbocycles. The van der Waals surface area contributed by atoms with Crippen molar-refractivity contribution in [3.05, 3.63) is 24.3 Å². The monoisotopic (exact) mass is 970 g/mol. The predicted molar refractivity (Wildman–Crippen MR) is 277 cm³/mol. The largest absolute Gasteiger partial charge is 0.480 e. The standard InChI is InChI=1S/C55H104NO10P/c1-3-5-7-9-11-13-15-17-19-21-23-25-26-27-29-31-33-35-37-39-41-43-45-47-54(59)64-48-51(57)49-65-67(62,63)66-50-52(55(60)61)56-53(58)46-44-42-40-38-36-34-32-30-28-24-22-20-18-16-14-12-10-8-6-4-2/h11,13,17,19,51-52,57H,3-10,12,14-16,18,20-50H2,1-2H3,(H,56,58)(H,60,61)(H,62,63)/b13-11-,19-17-. The van der Waals surface area contributed by atoms with Crippen molar-refractivity contribution in [1.82, 2.24) is 5.32 Å². The van der Waals surface area contributed by atoms with Crippen molar-refractivity contribution in [1.29, 1.82) is 0 Å². The summed E-state index contributed by atoms with van der Waals surface area (Å²) in [6.07, 6.45) is 56.3. The molecule has 11 nitrogen and oxygen atoms in total. The van der Waals surface area contributed by atoms with Gasteiger partial charge in [-0.2, -0.15) is 0 Å². The lowest BCUT2D eigenvalue weighted by Crippen LogP contribution is -2.43. The molecule has 3 atom stereocenters. The maximum Gasteiger partial charge on any atom is 0.472 e. The highest BCUT2D eigenvalue weighted by atomic mass is 31.2. The van der Waals surface area contributed by atoms with Crippen LogP contribution in [0, 0.1) is 0 Å². The number of carboxylic acid groups (broad SMARTS) is 1. The Labute approximate surface area is 410 Å². The number of allylic oxidation sites excluding steroid dienone is 4. The molecule has 67 heavy (non-hydrogen) atoms. The second-order valence-electron chi connectivity index (χ2n) is 19.1. The molecule has 0 aliphatic carbocycles. The summed E-state index contributed by atoms with van der Waals surface area (Å²) in [5.74, 6) is -2.35. The Morgan fingerprint density at radius 1 is 0.478 bits per heavy atom. The number of nitrogens with one attached hydrogen (secondary N) is 1. The van der Waals surface area contributed by atoms with Crippen molar-refractivity contribution < 1.29 is 47.8 Å². The van der Waals surface area contributed by atoms with Crippen LogP contribution < -0.4 is 5.32 Å². The van der Waals surface area contributed by atoms with Gasteiger partial charge in [-0.15, -0.1) is 0 Å². The Balaban J connectivity index is 3.75. The number of esters is 1. The molecule has 0 aromatic rings. The number of rotatable bonds is 53. The van der Waals surface area contributed by atoms with Crippen LogP contribution >= 0.6 is 7.82 Å². The number of carbonyl (C=O) groups excluding carboxylic acids is 2. The van der Waals surface area contributed by atoms with Crippen molar-refractivity contribution >= 4 is 25.7 Å². The van der Waals surface area contributed by atoms with Crippen LogP contribution in [0.25, 0.3) is 0 Å². The molecule has 0 aliphatic heterocycles. The zero-order valence-corrected chi connectivity index (χ0v) is 44.1. The minimum atomic E-state index is -4.76. The van der Waals surface area contributed by atoms with Crippen molar-refractivity contribution in [2.24, 2.45) is 0 Å². The van der Waals surface area contributed by atoms with Gasteiger partial charge in [0.15, 0.2) is 6.04 Å². The maximum atomic E-state index is 12.4. The van der Waals surface area contributed by atoms with E-state index in [0.29, 0.717) is 12.8 Å². The van der Waals surface area contributed by atoms with Crippen LogP contribution in [-0.4, -0.2) is 64.9 Å². The molecule has 394 valence electrons. The van der Waals surface area contributed by atoms with Crippen LogP contribution in [-0.2, 0) is 32.7 Å². The molecule has 0 saturated heterocycles. The average molecular weight is 970 g/mol. The van der Waals surface area contributed by atoms with E-state index in [1.54, 1.807) is 0 Å². The van der Waals surface area contributed by atoms with Gasteiger partial charge in [-0.1, -0.05) is 244 Å². The summed E-state index contributed by atoms with van der Waals surface area (Å²) in [4.78, 5) is 46.2. The van der Waals surface area contributed by atoms with Gasteiger partial charge >= 0.3 is 19.8 Å². The van der Waals surface area contributed by atoms with Gasteiger partial charge in [0.2, 0.25) is 5.91 Å². The van der Waals surface area contributed by atoms with Gasteiger partial charge in [0.05, 0.1) is 13.2 Å². The normalized spacial score (nSPS) is 13.6. The van der Waals surface area contributed by atoms with Crippen molar-refractivity contribution in [2.45, 2.75) is 289 Å². The Morgan fingerprint density at radius 2 is 0.821 bits per heavy atom. The number of carbonyl (C=O) groups is 3. The molecule has 0 aliphatic rings. The molecule has 12 heteroatoms. The lowest BCUT2D eigenvalue weighted by atomic mass is 10.0. The van der Waals surface area contributed by atoms with E-state index in [2.05, 4.69) is 43.5 Å². The Hall–Kier alpha value is -2.04. The zero-order chi connectivity index (χ0) is 49.2. The number of phosphoric acid groups is 1. The fraction of sp³-hybridized carbons (Fsp3) is 0.873. The van der Waals surface area contributed by atoms with Crippen LogP contribution in [0.1, 0.15) is 277 Å². The third-order valence-electron chi connectivity index (χ3n) is 12.5. The molecule has 4 N–H and O–H groups in total. The van der Waals surface area contributed by atoms with Gasteiger partial charge in [-0.3, -0.25) is 18.6 Å². The Morgan fingerprint density at radius 3 is 1.24 bits per heavy atom. The zero-order valence-electron chi connectivity index (χ0n) is 43.2. The fourth-order valence-electron chi connectivity index (χ4n) is 8.17. The third-order valence-corrected chi connectivity index (χ3v) is 13.4. The first-order chi connectivity index (χ1) is 32.6. The van der Waals surface area contributed by atoms with E-state index in [9.17, 15) is 34.1 Å². The number of unbranched alkanes of at least 4 members (excludes halogenated alkanes) is 35. The molecule has 0 rings (SSSR count). The van der Waals surface area contributed by atoms with Crippen LogP contribution in [0.15, 0.2) is 24.3 Å².